The second kappa shape index (κ2) is 13.8. The van der Waals surface area contributed by atoms with Crippen LogP contribution in [-0.4, -0.2) is 24.1 Å². The maximum atomic E-state index is 5.23. The average Bonchev–Trinajstić information content (AvgIpc) is 3.85. The molecule has 0 aliphatic carbocycles. The normalized spacial score (nSPS) is 11.7. The summed E-state index contributed by atoms with van der Waals surface area (Å²) in [5.74, 6) is 1.87. The Hall–Kier alpha value is -8.15. The van der Waals surface area contributed by atoms with Crippen molar-refractivity contribution in [2.75, 3.05) is 0 Å². The second-order valence-electron chi connectivity index (χ2n) is 15.2. The summed E-state index contributed by atoms with van der Waals surface area (Å²) in [7, 11) is 0. The van der Waals surface area contributed by atoms with Gasteiger partial charge >= 0.3 is 0 Å². The SMILES string of the molecule is c1ccc(-c2ccc(-c3nc(-c4ccccc4)nc(-c4cc(-n5c6ccccc6c6c5ccc5c7ccccc7n(-c7ccccc7)c56)c5ccccc5c4)n3)cc2)cc1. The molecule has 0 unspecified atom stereocenters. The number of rotatable bonds is 6. The highest BCUT2D eigenvalue weighted by Crippen LogP contribution is 2.43. The lowest BCUT2D eigenvalue weighted by atomic mass is 10.0. The van der Waals surface area contributed by atoms with Gasteiger partial charge in [0, 0.05) is 49.3 Å². The molecule has 0 aliphatic heterocycles. The third-order valence-electron chi connectivity index (χ3n) is 11.7. The maximum absolute atomic E-state index is 5.23. The van der Waals surface area contributed by atoms with Crippen LogP contribution in [0.15, 0.2) is 212 Å². The summed E-state index contributed by atoms with van der Waals surface area (Å²) in [6, 6.07) is 75.1. The minimum absolute atomic E-state index is 0.616. The Labute approximate surface area is 346 Å². The van der Waals surface area contributed by atoms with Crippen LogP contribution in [0.25, 0.3) is 111 Å². The predicted molar refractivity (Wildman–Crippen MR) is 248 cm³/mol. The number of aromatic nitrogens is 5. The van der Waals surface area contributed by atoms with E-state index < -0.39 is 0 Å². The average molecular weight is 766 g/mol. The fourth-order valence-corrected chi connectivity index (χ4v) is 9.01. The van der Waals surface area contributed by atoms with Crippen LogP contribution in [-0.2, 0) is 0 Å². The Morgan fingerprint density at radius 1 is 0.300 bits per heavy atom. The van der Waals surface area contributed by atoms with Gasteiger partial charge in [0.25, 0.3) is 0 Å². The van der Waals surface area contributed by atoms with E-state index in [2.05, 4.69) is 197 Å². The summed E-state index contributed by atoms with van der Waals surface area (Å²) in [6.45, 7) is 0. The number of hydrogen-bond donors (Lipinski definition) is 0. The Balaban J connectivity index is 1.12. The summed E-state index contributed by atoms with van der Waals surface area (Å²) in [4.78, 5) is 15.5. The topological polar surface area (TPSA) is 48.5 Å². The molecule has 3 aromatic heterocycles. The van der Waals surface area contributed by atoms with Crippen LogP contribution in [0.5, 0.6) is 0 Å². The molecule has 60 heavy (non-hydrogen) atoms. The largest absolute Gasteiger partial charge is 0.309 e. The van der Waals surface area contributed by atoms with Gasteiger partial charge in [-0.3, -0.25) is 0 Å². The van der Waals surface area contributed by atoms with E-state index in [-0.39, 0.29) is 0 Å². The van der Waals surface area contributed by atoms with E-state index in [0.29, 0.717) is 17.5 Å². The Morgan fingerprint density at radius 3 is 1.50 bits per heavy atom. The predicted octanol–water partition coefficient (Wildman–Crippen LogP) is 13.9. The fourth-order valence-electron chi connectivity index (χ4n) is 9.01. The van der Waals surface area contributed by atoms with Crippen molar-refractivity contribution >= 4 is 54.4 Å². The smallest absolute Gasteiger partial charge is 0.164 e. The lowest BCUT2D eigenvalue weighted by Gasteiger charge is -2.15. The maximum Gasteiger partial charge on any atom is 0.164 e. The second-order valence-corrected chi connectivity index (χ2v) is 15.2. The van der Waals surface area contributed by atoms with Gasteiger partial charge in [-0.15, -0.1) is 0 Å². The van der Waals surface area contributed by atoms with Gasteiger partial charge in [-0.2, -0.15) is 0 Å². The Morgan fingerprint density at radius 2 is 0.800 bits per heavy atom. The van der Waals surface area contributed by atoms with E-state index in [1.54, 1.807) is 0 Å². The number of fused-ring (bicyclic) bond motifs is 8. The molecule has 12 aromatic rings. The number of benzene rings is 9. The van der Waals surface area contributed by atoms with Gasteiger partial charge in [0.05, 0.1) is 27.8 Å². The van der Waals surface area contributed by atoms with Gasteiger partial charge in [0.1, 0.15) is 0 Å². The molecule has 0 saturated heterocycles. The van der Waals surface area contributed by atoms with Gasteiger partial charge in [0.2, 0.25) is 0 Å². The van der Waals surface area contributed by atoms with Crippen molar-refractivity contribution in [3.63, 3.8) is 0 Å². The molecule has 0 fully saturated rings. The van der Waals surface area contributed by atoms with Crippen LogP contribution in [0, 0.1) is 0 Å². The van der Waals surface area contributed by atoms with Crippen LogP contribution >= 0.6 is 0 Å². The van der Waals surface area contributed by atoms with Crippen LogP contribution < -0.4 is 0 Å². The van der Waals surface area contributed by atoms with Gasteiger partial charge in [-0.05, 0) is 59.0 Å². The summed E-state index contributed by atoms with van der Waals surface area (Å²) in [6.07, 6.45) is 0. The van der Waals surface area contributed by atoms with Crippen LogP contribution in [0.4, 0.5) is 0 Å². The quantitative estimate of drug-likeness (QED) is 0.169. The standard InChI is InChI=1S/C55H35N5/c1-4-16-36(17-5-1)37-28-30-39(31-29-37)54-56-53(38-18-6-2-7-19-38)57-55(58-54)41-34-40-20-10-11-23-43(40)50(35-41)60-48-27-15-13-25-46(48)51-49(60)33-32-45-44-24-12-14-26-47(44)59(52(45)51)42-21-8-3-9-22-42/h1-35H. The molecule has 3 heterocycles. The monoisotopic (exact) mass is 765 g/mol. The molecule has 0 bridgehead atoms. The third-order valence-corrected chi connectivity index (χ3v) is 11.7. The lowest BCUT2D eigenvalue weighted by molar-refractivity contribution is 1.07. The zero-order chi connectivity index (χ0) is 39.6. The van der Waals surface area contributed by atoms with Crippen molar-refractivity contribution < 1.29 is 0 Å². The molecule has 0 radical (unpaired) electrons. The van der Waals surface area contributed by atoms with Crippen molar-refractivity contribution in [2.45, 2.75) is 0 Å². The highest BCUT2D eigenvalue weighted by Gasteiger charge is 2.22. The van der Waals surface area contributed by atoms with Crippen LogP contribution in [0.3, 0.4) is 0 Å². The molecule has 0 atom stereocenters. The summed E-state index contributed by atoms with van der Waals surface area (Å²) < 4.78 is 4.87. The van der Waals surface area contributed by atoms with E-state index >= 15 is 0 Å². The van der Waals surface area contributed by atoms with E-state index in [4.69, 9.17) is 15.0 Å². The molecule has 0 saturated carbocycles. The molecule has 12 rings (SSSR count). The first-order chi connectivity index (χ1) is 29.8. The first-order valence-electron chi connectivity index (χ1n) is 20.3. The molecule has 0 aliphatic rings. The highest BCUT2D eigenvalue weighted by atomic mass is 15.0. The van der Waals surface area contributed by atoms with Gasteiger partial charge in [-0.1, -0.05) is 170 Å². The zero-order valence-electron chi connectivity index (χ0n) is 32.4. The van der Waals surface area contributed by atoms with E-state index in [1.807, 2.05) is 24.3 Å². The molecule has 0 spiro atoms. The number of para-hydroxylation sites is 3. The van der Waals surface area contributed by atoms with Crippen molar-refractivity contribution in [3.05, 3.63) is 212 Å². The first-order valence-corrected chi connectivity index (χ1v) is 20.3. The van der Waals surface area contributed by atoms with Crippen molar-refractivity contribution in [1.82, 2.24) is 24.1 Å². The lowest BCUT2D eigenvalue weighted by Crippen LogP contribution is -2.02. The number of hydrogen-bond acceptors (Lipinski definition) is 3. The van der Waals surface area contributed by atoms with E-state index in [9.17, 15) is 0 Å². The molecular weight excluding hydrogens is 731 g/mol. The van der Waals surface area contributed by atoms with Crippen molar-refractivity contribution in [2.24, 2.45) is 0 Å². The molecule has 0 amide bonds. The minimum Gasteiger partial charge on any atom is -0.309 e. The number of nitrogens with zero attached hydrogens (tertiary/aromatic N) is 5. The fraction of sp³-hybridized carbons (Fsp3) is 0. The van der Waals surface area contributed by atoms with Gasteiger partial charge in [0.15, 0.2) is 17.5 Å². The van der Waals surface area contributed by atoms with Crippen molar-refractivity contribution in [3.8, 4) is 56.7 Å². The summed E-state index contributed by atoms with van der Waals surface area (Å²) in [5.41, 5.74) is 11.9. The van der Waals surface area contributed by atoms with Crippen LogP contribution in [0.2, 0.25) is 0 Å². The molecule has 9 aromatic carbocycles. The summed E-state index contributed by atoms with van der Waals surface area (Å²) in [5, 5.41) is 7.11. The molecule has 280 valence electrons. The first kappa shape index (κ1) is 33.9. The molecular formula is C55H35N5. The molecule has 5 heteroatoms. The zero-order valence-corrected chi connectivity index (χ0v) is 32.4. The van der Waals surface area contributed by atoms with E-state index in [0.717, 1.165) is 55.4 Å². The van der Waals surface area contributed by atoms with Gasteiger partial charge in [-0.25, -0.2) is 15.0 Å². The van der Waals surface area contributed by atoms with E-state index in [1.165, 1.54) is 38.1 Å². The summed E-state index contributed by atoms with van der Waals surface area (Å²) >= 11 is 0. The Bertz CT molecular complexity index is 3570. The Kier molecular flexibility index (Phi) is 7.78. The highest BCUT2D eigenvalue weighted by molar-refractivity contribution is 6.26. The third kappa shape index (κ3) is 5.44. The minimum atomic E-state index is 0.616. The molecule has 0 N–H and O–H groups in total. The van der Waals surface area contributed by atoms with Crippen LogP contribution in [0.1, 0.15) is 0 Å². The van der Waals surface area contributed by atoms with Crippen molar-refractivity contribution in [1.29, 1.82) is 0 Å². The van der Waals surface area contributed by atoms with Gasteiger partial charge < -0.3 is 9.13 Å². The molecule has 5 nitrogen and oxygen atoms in total.